The van der Waals surface area contributed by atoms with Gasteiger partial charge >= 0.3 is 6.18 Å². The Kier molecular flexibility index (Phi) is 5.68. The lowest BCUT2D eigenvalue weighted by Crippen LogP contribution is -2.17. The molecule has 0 aliphatic rings. The molecule has 0 saturated heterocycles. The molecule has 158 valence electrons. The maximum absolute atomic E-state index is 13.4. The Balaban J connectivity index is 1.99. The highest BCUT2D eigenvalue weighted by Gasteiger charge is 2.31. The smallest absolute Gasteiger partial charge is 0.416 e. The van der Waals surface area contributed by atoms with Crippen LogP contribution in [0.1, 0.15) is 21.5 Å². The van der Waals surface area contributed by atoms with Crippen molar-refractivity contribution in [2.75, 3.05) is 17.7 Å². The summed E-state index contributed by atoms with van der Waals surface area (Å²) in [4.78, 5) is 12.8. The summed E-state index contributed by atoms with van der Waals surface area (Å²) in [5.74, 6) is -0.581. The van der Waals surface area contributed by atoms with Crippen molar-refractivity contribution in [3.8, 4) is 5.88 Å². The van der Waals surface area contributed by atoms with Gasteiger partial charge in [-0.3, -0.25) is 4.79 Å². The summed E-state index contributed by atoms with van der Waals surface area (Å²) in [6, 6.07) is 8.00. The van der Waals surface area contributed by atoms with Crippen LogP contribution >= 0.6 is 0 Å². The number of hydrogen-bond acceptors (Lipinski definition) is 4. The first-order valence-electron chi connectivity index (χ1n) is 8.72. The molecule has 2 aromatic carbocycles. The third-order valence-electron chi connectivity index (χ3n) is 4.36. The Morgan fingerprint density at radius 3 is 2.43 bits per heavy atom. The van der Waals surface area contributed by atoms with E-state index in [1.165, 1.54) is 36.1 Å². The van der Waals surface area contributed by atoms with Crippen LogP contribution in [0.4, 0.5) is 34.8 Å². The lowest BCUT2D eigenvalue weighted by Gasteiger charge is -2.16. The van der Waals surface area contributed by atoms with Crippen molar-refractivity contribution in [1.29, 1.82) is 0 Å². The molecule has 10 heteroatoms. The van der Waals surface area contributed by atoms with E-state index in [9.17, 15) is 22.4 Å². The standard InChI is InChI=1S/C20H18F4N4O2/c1-11-8-13(21)5-7-15(11)25-16-9-12(20(22,23)24)4-6-14(16)19(29)26-17-10-18(30-3)27-28(17)2/h4-10,25H,1-3H3,(H,26,29). The molecule has 3 rings (SSSR count). The molecule has 1 heterocycles. The largest absolute Gasteiger partial charge is 0.480 e. The molecule has 0 fully saturated rings. The van der Waals surface area contributed by atoms with Gasteiger partial charge in [0.05, 0.1) is 23.9 Å². The van der Waals surface area contributed by atoms with Crippen LogP contribution in [0.3, 0.4) is 0 Å². The zero-order valence-corrected chi connectivity index (χ0v) is 16.3. The average molecular weight is 422 g/mol. The van der Waals surface area contributed by atoms with Crippen molar-refractivity contribution in [2.24, 2.45) is 7.05 Å². The fourth-order valence-corrected chi connectivity index (χ4v) is 2.78. The molecule has 3 aromatic rings. The van der Waals surface area contributed by atoms with Gasteiger partial charge in [0, 0.05) is 18.8 Å². The van der Waals surface area contributed by atoms with Crippen LogP contribution in [-0.4, -0.2) is 22.8 Å². The molecule has 30 heavy (non-hydrogen) atoms. The van der Waals surface area contributed by atoms with Crippen LogP contribution in [0.2, 0.25) is 0 Å². The molecule has 0 atom stereocenters. The van der Waals surface area contributed by atoms with Crippen LogP contribution in [0.25, 0.3) is 0 Å². The van der Waals surface area contributed by atoms with E-state index in [4.69, 9.17) is 4.74 Å². The number of methoxy groups -OCH3 is 1. The van der Waals surface area contributed by atoms with Gasteiger partial charge in [-0.05, 0) is 48.9 Å². The number of aryl methyl sites for hydroxylation is 2. The van der Waals surface area contributed by atoms with Crippen LogP contribution in [0, 0.1) is 12.7 Å². The average Bonchev–Trinajstić information content (AvgIpc) is 3.02. The molecule has 6 nitrogen and oxygen atoms in total. The summed E-state index contributed by atoms with van der Waals surface area (Å²) >= 11 is 0. The Morgan fingerprint density at radius 2 is 1.83 bits per heavy atom. The second kappa shape index (κ2) is 8.05. The van der Waals surface area contributed by atoms with E-state index >= 15 is 0 Å². The van der Waals surface area contributed by atoms with Gasteiger partial charge in [-0.25, -0.2) is 9.07 Å². The van der Waals surface area contributed by atoms with Gasteiger partial charge in [0.1, 0.15) is 11.6 Å². The number of nitrogens with one attached hydrogen (secondary N) is 2. The Labute approximate surface area is 169 Å². The van der Waals surface area contributed by atoms with Crippen LogP contribution < -0.4 is 15.4 Å². The maximum Gasteiger partial charge on any atom is 0.416 e. The normalized spacial score (nSPS) is 11.3. The van der Waals surface area contributed by atoms with E-state index in [1.807, 2.05) is 0 Å². The second-order valence-electron chi connectivity index (χ2n) is 6.49. The van der Waals surface area contributed by atoms with Crippen molar-refractivity contribution in [2.45, 2.75) is 13.1 Å². The quantitative estimate of drug-likeness (QED) is 0.575. The number of amides is 1. The summed E-state index contributed by atoms with van der Waals surface area (Å²) in [7, 11) is 2.99. The van der Waals surface area contributed by atoms with Crippen molar-refractivity contribution in [3.05, 3.63) is 65.0 Å². The highest BCUT2D eigenvalue weighted by atomic mass is 19.4. The Bertz CT molecular complexity index is 1090. The Morgan fingerprint density at radius 1 is 1.10 bits per heavy atom. The fourth-order valence-electron chi connectivity index (χ4n) is 2.78. The SMILES string of the molecule is COc1cc(NC(=O)c2ccc(C(F)(F)F)cc2Nc2ccc(F)cc2C)n(C)n1. The van der Waals surface area contributed by atoms with E-state index in [0.29, 0.717) is 17.1 Å². The molecule has 1 aromatic heterocycles. The van der Waals surface area contributed by atoms with Crippen LogP contribution in [-0.2, 0) is 13.2 Å². The summed E-state index contributed by atoms with van der Waals surface area (Å²) in [5.41, 5.74) is -0.205. The van der Waals surface area contributed by atoms with E-state index in [1.54, 1.807) is 14.0 Å². The zero-order valence-electron chi connectivity index (χ0n) is 16.3. The van der Waals surface area contributed by atoms with Crippen LogP contribution in [0.15, 0.2) is 42.5 Å². The van der Waals surface area contributed by atoms with Crippen molar-refractivity contribution < 1.29 is 27.1 Å². The highest BCUT2D eigenvalue weighted by molar-refractivity contribution is 6.08. The van der Waals surface area contributed by atoms with Gasteiger partial charge in [-0.2, -0.15) is 13.2 Å². The molecular formula is C20H18F4N4O2. The summed E-state index contributed by atoms with van der Waals surface area (Å²) in [5, 5.41) is 9.41. The van der Waals surface area contributed by atoms with E-state index in [0.717, 1.165) is 18.2 Å². The maximum atomic E-state index is 13.4. The van der Waals surface area contributed by atoms with Crippen molar-refractivity contribution in [1.82, 2.24) is 9.78 Å². The number of anilines is 3. The third-order valence-corrected chi connectivity index (χ3v) is 4.36. The third kappa shape index (κ3) is 4.53. The molecular weight excluding hydrogens is 404 g/mol. The first-order valence-corrected chi connectivity index (χ1v) is 8.72. The summed E-state index contributed by atoms with van der Waals surface area (Å²) in [6.07, 6.45) is -4.60. The van der Waals surface area contributed by atoms with Gasteiger partial charge in [-0.1, -0.05) is 0 Å². The molecule has 0 aliphatic carbocycles. The number of carbonyl (C=O) groups excluding carboxylic acids is 1. The second-order valence-corrected chi connectivity index (χ2v) is 6.49. The Hall–Kier alpha value is -3.56. The number of rotatable bonds is 5. The number of benzene rings is 2. The van der Waals surface area contributed by atoms with Gasteiger partial charge in [0.25, 0.3) is 5.91 Å². The minimum absolute atomic E-state index is 0.0353. The molecule has 0 aliphatic heterocycles. The van der Waals surface area contributed by atoms with E-state index < -0.39 is 23.5 Å². The topological polar surface area (TPSA) is 68.2 Å². The highest BCUT2D eigenvalue weighted by Crippen LogP contribution is 2.34. The molecule has 0 radical (unpaired) electrons. The van der Waals surface area contributed by atoms with Crippen molar-refractivity contribution in [3.63, 3.8) is 0 Å². The zero-order chi connectivity index (χ0) is 22.1. The monoisotopic (exact) mass is 422 g/mol. The predicted molar refractivity (Wildman–Crippen MR) is 104 cm³/mol. The number of alkyl halides is 3. The molecule has 2 N–H and O–H groups in total. The molecule has 0 unspecified atom stereocenters. The molecule has 1 amide bonds. The summed E-state index contributed by atoms with van der Waals surface area (Å²) < 4.78 is 59.3. The van der Waals surface area contributed by atoms with Gasteiger partial charge in [-0.15, -0.1) is 5.10 Å². The number of aromatic nitrogens is 2. The molecule has 0 saturated carbocycles. The van der Waals surface area contributed by atoms with Gasteiger partial charge in [0.2, 0.25) is 5.88 Å². The van der Waals surface area contributed by atoms with Crippen molar-refractivity contribution >= 4 is 23.1 Å². The number of carbonyl (C=O) groups is 1. The molecule has 0 bridgehead atoms. The number of ether oxygens (including phenoxy) is 1. The predicted octanol–water partition coefficient (Wildman–Crippen LogP) is 4.89. The molecule has 0 spiro atoms. The van der Waals surface area contributed by atoms with Crippen LogP contribution in [0.5, 0.6) is 5.88 Å². The first-order chi connectivity index (χ1) is 14.1. The fraction of sp³-hybridized carbons (Fsp3) is 0.200. The van der Waals surface area contributed by atoms with E-state index in [-0.39, 0.29) is 17.1 Å². The van der Waals surface area contributed by atoms with Gasteiger partial charge in [0.15, 0.2) is 0 Å². The first kappa shape index (κ1) is 21.2. The number of hydrogen-bond donors (Lipinski definition) is 2. The lowest BCUT2D eigenvalue weighted by molar-refractivity contribution is -0.137. The minimum Gasteiger partial charge on any atom is -0.480 e. The number of nitrogens with zero attached hydrogens (tertiary/aromatic N) is 2. The minimum atomic E-state index is -4.60. The lowest BCUT2D eigenvalue weighted by atomic mass is 10.1. The van der Waals surface area contributed by atoms with E-state index in [2.05, 4.69) is 15.7 Å². The summed E-state index contributed by atoms with van der Waals surface area (Å²) in [6.45, 7) is 1.60. The van der Waals surface area contributed by atoms with Gasteiger partial charge < -0.3 is 15.4 Å². The number of halogens is 4.